The molecule has 0 aliphatic rings. The van der Waals surface area contributed by atoms with Gasteiger partial charge < -0.3 is 9.67 Å². The number of nitrogens with zero attached hydrogens (tertiary/aromatic N) is 3. The van der Waals surface area contributed by atoms with Gasteiger partial charge in [0, 0.05) is 30.4 Å². The van der Waals surface area contributed by atoms with Gasteiger partial charge in [-0.05, 0) is 6.07 Å². The summed E-state index contributed by atoms with van der Waals surface area (Å²) in [6, 6.07) is 1.84. The third kappa shape index (κ3) is 1.43. The maximum atomic E-state index is 9.04. The number of aliphatic hydroxyl groups excluding tert-OH is 1. The molecule has 0 saturated heterocycles. The Morgan fingerprint density at radius 1 is 1.31 bits per heavy atom. The molecule has 0 aliphatic carbocycles. The van der Waals surface area contributed by atoms with Crippen molar-refractivity contribution in [3.63, 3.8) is 0 Å². The van der Waals surface area contributed by atoms with Gasteiger partial charge in [0.15, 0.2) is 0 Å². The zero-order valence-corrected chi connectivity index (χ0v) is 6.96. The molecule has 66 valence electrons. The number of aliphatic hydroxyl groups is 1. The van der Waals surface area contributed by atoms with E-state index in [1.165, 1.54) is 0 Å². The topological polar surface area (TPSA) is 50.9 Å². The lowest BCUT2D eigenvalue weighted by Crippen LogP contribution is -1.97. The Balaban J connectivity index is 2.51. The molecule has 0 radical (unpaired) electrons. The lowest BCUT2D eigenvalue weighted by molar-refractivity contribution is 0.281. The summed E-state index contributed by atoms with van der Waals surface area (Å²) in [5.41, 5.74) is 1.70. The number of pyridine rings is 1. The fourth-order valence-corrected chi connectivity index (χ4v) is 1.20. The Hall–Kier alpha value is -1.68. The average Bonchev–Trinajstić information content (AvgIpc) is 2.70. The number of hydrogen-bond donors (Lipinski definition) is 1. The maximum absolute atomic E-state index is 9.04. The Morgan fingerprint density at radius 3 is 2.92 bits per heavy atom. The fourth-order valence-electron chi connectivity index (χ4n) is 1.20. The largest absolute Gasteiger partial charge is 0.392 e. The molecule has 0 bridgehead atoms. The van der Waals surface area contributed by atoms with Crippen molar-refractivity contribution in [2.45, 2.75) is 6.61 Å². The van der Waals surface area contributed by atoms with Crippen LogP contribution in [0.3, 0.4) is 0 Å². The summed E-state index contributed by atoms with van der Waals surface area (Å²) < 4.78 is 1.84. The first-order valence-electron chi connectivity index (χ1n) is 3.94. The summed E-state index contributed by atoms with van der Waals surface area (Å²) >= 11 is 0. The van der Waals surface area contributed by atoms with Gasteiger partial charge in [-0.15, -0.1) is 0 Å². The molecule has 0 fully saturated rings. The molecule has 4 nitrogen and oxygen atoms in total. The van der Waals surface area contributed by atoms with Crippen molar-refractivity contribution in [1.82, 2.24) is 14.5 Å². The van der Waals surface area contributed by atoms with E-state index in [1.54, 1.807) is 24.9 Å². The van der Waals surface area contributed by atoms with Crippen LogP contribution in [0.25, 0.3) is 5.69 Å². The van der Waals surface area contributed by atoms with E-state index >= 15 is 0 Å². The minimum atomic E-state index is -0.0125. The van der Waals surface area contributed by atoms with Gasteiger partial charge in [-0.2, -0.15) is 0 Å². The number of aromatic nitrogens is 3. The predicted octanol–water partition coefficient (Wildman–Crippen LogP) is 0.760. The summed E-state index contributed by atoms with van der Waals surface area (Å²) in [6.45, 7) is -0.0125. The summed E-state index contributed by atoms with van der Waals surface area (Å²) in [4.78, 5) is 7.87. The van der Waals surface area contributed by atoms with E-state index in [0.29, 0.717) is 0 Å². The molecule has 13 heavy (non-hydrogen) atoms. The van der Waals surface area contributed by atoms with Crippen molar-refractivity contribution in [3.05, 3.63) is 42.7 Å². The summed E-state index contributed by atoms with van der Waals surface area (Å²) in [7, 11) is 0. The molecule has 0 aromatic carbocycles. The fraction of sp³-hybridized carbons (Fsp3) is 0.111. The molecule has 2 aromatic rings. The standard InChI is InChI=1S/C9H9N3O/c13-6-8-5-10-2-1-9(8)12-4-3-11-7-12/h1-5,7,13H,6H2. The third-order valence-electron chi connectivity index (χ3n) is 1.83. The van der Waals surface area contributed by atoms with Crippen LogP contribution >= 0.6 is 0 Å². The monoisotopic (exact) mass is 175 g/mol. The minimum Gasteiger partial charge on any atom is -0.392 e. The summed E-state index contributed by atoms with van der Waals surface area (Å²) in [5.74, 6) is 0. The van der Waals surface area contributed by atoms with E-state index in [-0.39, 0.29) is 6.61 Å². The quantitative estimate of drug-likeness (QED) is 0.733. The smallest absolute Gasteiger partial charge is 0.0991 e. The molecule has 0 saturated carbocycles. The molecule has 0 unspecified atom stereocenters. The van der Waals surface area contributed by atoms with Crippen molar-refractivity contribution in [2.24, 2.45) is 0 Å². The van der Waals surface area contributed by atoms with Crippen molar-refractivity contribution >= 4 is 0 Å². The molecule has 2 rings (SSSR count). The van der Waals surface area contributed by atoms with E-state index < -0.39 is 0 Å². The van der Waals surface area contributed by atoms with Gasteiger partial charge in [-0.25, -0.2) is 4.98 Å². The number of hydrogen-bond acceptors (Lipinski definition) is 3. The second-order valence-corrected chi connectivity index (χ2v) is 2.63. The van der Waals surface area contributed by atoms with Crippen LogP contribution in [0.4, 0.5) is 0 Å². The molecular weight excluding hydrogens is 166 g/mol. The zero-order valence-electron chi connectivity index (χ0n) is 6.96. The SMILES string of the molecule is OCc1cnccc1-n1ccnc1. The van der Waals surface area contributed by atoms with E-state index in [2.05, 4.69) is 9.97 Å². The van der Waals surface area contributed by atoms with Gasteiger partial charge in [0.05, 0.1) is 18.6 Å². The van der Waals surface area contributed by atoms with Crippen molar-refractivity contribution in [3.8, 4) is 5.69 Å². The maximum Gasteiger partial charge on any atom is 0.0991 e. The Kier molecular flexibility index (Phi) is 2.06. The normalized spacial score (nSPS) is 10.2. The third-order valence-corrected chi connectivity index (χ3v) is 1.83. The van der Waals surface area contributed by atoms with Crippen LogP contribution in [0.1, 0.15) is 5.56 Å². The highest BCUT2D eigenvalue weighted by atomic mass is 16.3. The van der Waals surface area contributed by atoms with Crippen LogP contribution < -0.4 is 0 Å². The second kappa shape index (κ2) is 3.37. The minimum absolute atomic E-state index is 0.0125. The first-order chi connectivity index (χ1) is 6.42. The summed E-state index contributed by atoms with van der Waals surface area (Å²) in [5, 5.41) is 9.04. The second-order valence-electron chi connectivity index (χ2n) is 2.63. The highest BCUT2D eigenvalue weighted by Gasteiger charge is 2.01. The van der Waals surface area contributed by atoms with Gasteiger partial charge in [0.2, 0.25) is 0 Å². The lowest BCUT2D eigenvalue weighted by Gasteiger charge is -2.05. The Morgan fingerprint density at radius 2 is 2.23 bits per heavy atom. The molecule has 1 N–H and O–H groups in total. The zero-order chi connectivity index (χ0) is 9.10. The van der Waals surface area contributed by atoms with E-state index in [9.17, 15) is 0 Å². The van der Waals surface area contributed by atoms with Crippen molar-refractivity contribution < 1.29 is 5.11 Å². The molecule has 0 aliphatic heterocycles. The molecule has 2 heterocycles. The predicted molar refractivity (Wildman–Crippen MR) is 47.3 cm³/mol. The first kappa shape index (κ1) is 7.94. The van der Waals surface area contributed by atoms with Gasteiger partial charge >= 0.3 is 0 Å². The van der Waals surface area contributed by atoms with E-state index in [4.69, 9.17) is 5.11 Å². The lowest BCUT2D eigenvalue weighted by atomic mass is 10.2. The highest BCUT2D eigenvalue weighted by molar-refractivity contribution is 5.37. The van der Waals surface area contributed by atoms with Gasteiger partial charge in [-0.1, -0.05) is 0 Å². The molecule has 0 amide bonds. The average molecular weight is 175 g/mol. The molecule has 4 heteroatoms. The van der Waals surface area contributed by atoms with Crippen LogP contribution in [0.2, 0.25) is 0 Å². The molecular formula is C9H9N3O. The van der Waals surface area contributed by atoms with Crippen LogP contribution in [0, 0.1) is 0 Å². The molecule has 0 atom stereocenters. The molecule has 2 aromatic heterocycles. The Bertz CT molecular complexity index is 384. The van der Waals surface area contributed by atoms with Gasteiger partial charge in [-0.3, -0.25) is 4.98 Å². The van der Waals surface area contributed by atoms with Crippen molar-refractivity contribution in [1.29, 1.82) is 0 Å². The number of rotatable bonds is 2. The first-order valence-corrected chi connectivity index (χ1v) is 3.94. The molecule has 0 spiro atoms. The number of imidazole rings is 1. The Labute approximate surface area is 75.5 Å². The van der Waals surface area contributed by atoms with E-state index in [1.807, 2.05) is 16.8 Å². The highest BCUT2D eigenvalue weighted by Crippen LogP contribution is 2.11. The van der Waals surface area contributed by atoms with E-state index in [0.717, 1.165) is 11.3 Å². The van der Waals surface area contributed by atoms with Crippen molar-refractivity contribution in [2.75, 3.05) is 0 Å². The van der Waals surface area contributed by atoms with Crippen LogP contribution in [0.5, 0.6) is 0 Å². The summed E-state index contributed by atoms with van der Waals surface area (Å²) in [6.07, 6.45) is 8.55. The van der Waals surface area contributed by atoms with Gasteiger partial charge in [0.1, 0.15) is 0 Å². The van der Waals surface area contributed by atoms with Crippen LogP contribution in [-0.2, 0) is 6.61 Å². The van der Waals surface area contributed by atoms with Crippen LogP contribution in [-0.4, -0.2) is 19.6 Å². The van der Waals surface area contributed by atoms with Gasteiger partial charge in [0.25, 0.3) is 0 Å². The van der Waals surface area contributed by atoms with Crippen LogP contribution in [0.15, 0.2) is 37.2 Å².